The maximum atomic E-state index is 5.57. The minimum atomic E-state index is 0.535. The average molecular weight is 208 g/mol. The second-order valence-electron chi connectivity index (χ2n) is 4.56. The quantitative estimate of drug-likeness (QED) is 0.806. The molecule has 84 valence electrons. The Morgan fingerprint density at radius 2 is 2.40 bits per heavy atom. The Labute approximate surface area is 91.1 Å². The molecule has 0 aromatic carbocycles. The Hall–Kier alpha value is -0.870. The van der Waals surface area contributed by atoms with Crippen molar-refractivity contribution in [1.82, 2.24) is 14.7 Å². The fraction of sp³-hybridized carbons (Fsp3) is 0.727. The average Bonchev–Trinajstić information content (AvgIpc) is 2.86. The first-order chi connectivity index (χ1) is 7.20. The zero-order valence-electron chi connectivity index (χ0n) is 9.56. The van der Waals surface area contributed by atoms with Crippen LogP contribution in [-0.4, -0.2) is 33.8 Å². The summed E-state index contributed by atoms with van der Waals surface area (Å²) in [6, 6.07) is 1.17. The van der Waals surface area contributed by atoms with Crippen molar-refractivity contribution in [3.8, 4) is 0 Å². The van der Waals surface area contributed by atoms with Crippen LogP contribution in [-0.2, 0) is 6.54 Å². The molecule has 4 heteroatoms. The first-order valence-electron chi connectivity index (χ1n) is 5.68. The third-order valence-electron chi connectivity index (χ3n) is 3.19. The molecule has 0 aliphatic carbocycles. The van der Waals surface area contributed by atoms with E-state index in [2.05, 4.69) is 34.7 Å². The number of aromatic nitrogens is 2. The molecule has 0 amide bonds. The summed E-state index contributed by atoms with van der Waals surface area (Å²) in [4.78, 5) is 2.49. The van der Waals surface area contributed by atoms with Gasteiger partial charge in [-0.2, -0.15) is 5.10 Å². The molecule has 1 aromatic rings. The Morgan fingerprint density at radius 1 is 1.60 bits per heavy atom. The lowest BCUT2D eigenvalue weighted by molar-refractivity contribution is 0.262. The molecule has 0 radical (unpaired) electrons. The molecular weight excluding hydrogens is 188 g/mol. The van der Waals surface area contributed by atoms with Gasteiger partial charge in [0, 0.05) is 37.4 Å². The van der Waals surface area contributed by atoms with E-state index in [1.165, 1.54) is 13.0 Å². The summed E-state index contributed by atoms with van der Waals surface area (Å²) >= 11 is 0. The fourth-order valence-electron chi connectivity index (χ4n) is 2.14. The minimum absolute atomic E-state index is 0.535. The second-order valence-corrected chi connectivity index (χ2v) is 4.56. The van der Waals surface area contributed by atoms with Crippen LogP contribution in [0.2, 0.25) is 0 Å². The van der Waals surface area contributed by atoms with E-state index >= 15 is 0 Å². The molecule has 1 saturated heterocycles. The molecule has 0 spiro atoms. The number of nitrogens with two attached hydrogens (primary N) is 1. The van der Waals surface area contributed by atoms with Crippen molar-refractivity contribution in [3.05, 3.63) is 18.0 Å². The van der Waals surface area contributed by atoms with E-state index in [0.717, 1.165) is 12.1 Å². The second kappa shape index (κ2) is 4.33. The predicted octanol–water partition coefficient (Wildman–Crippen LogP) is 0.997. The van der Waals surface area contributed by atoms with Crippen LogP contribution in [0.25, 0.3) is 0 Å². The van der Waals surface area contributed by atoms with Gasteiger partial charge >= 0.3 is 0 Å². The van der Waals surface area contributed by atoms with Gasteiger partial charge in [-0.15, -0.1) is 0 Å². The van der Waals surface area contributed by atoms with Gasteiger partial charge in [-0.05, 0) is 20.3 Å². The monoisotopic (exact) mass is 208 g/mol. The van der Waals surface area contributed by atoms with Crippen molar-refractivity contribution in [1.29, 1.82) is 0 Å². The topological polar surface area (TPSA) is 47.1 Å². The summed E-state index contributed by atoms with van der Waals surface area (Å²) in [7, 11) is 0. The minimum Gasteiger partial charge on any atom is -0.326 e. The summed E-state index contributed by atoms with van der Waals surface area (Å²) in [6.07, 6.45) is 5.15. The Kier molecular flexibility index (Phi) is 3.07. The van der Waals surface area contributed by atoms with Crippen LogP contribution in [0.1, 0.15) is 31.9 Å². The van der Waals surface area contributed by atoms with Crippen LogP contribution < -0.4 is 5.73 Å². The maximum Gasteiger partial charge on any atom is 0.0658 e. The number of nitrogens with zero attached hydrogens (tertiary/aromatic N) is 3. The molecule has 0 bridgehead atoms. The standard InChI is InChI=1S/C11H20N4/c1-9(2)14-4-3-11(8-14)15-7-10(5-12)6-13-15/h6-7,9,11H,3-5,8,12H2,1-2H3. The zero-order chi connectivity index (χ0) is 10.8. The van der Waals surface area contributed by atoms with Gasteiger partial charge in [-0.1, -0.05) is 0 Å². The number of likely N-dealkylation sites (tertiary alicyclic amines) is 1. The molecule has 1 aromatic heterocycles. The van der Waals surface area contributed by atoms with Crippen molar-refractivity contribution in [2.24, 2.45) is 5.73 Å². The van der Waals surface area contributed by atoms with Gasteiger partial charge in [0.25, 0.3) is 0 Å². The van der Waals surface area contributed by atoms with Crippen molar-refractivity contribution in [2.75, 3.05) is 13.1 Å². The van der Waals surface area contributed by atoms with Gasteiger partial charge in [0.05, 0.1) is 12.2 Å². The van der Waals surface area contributed by atoms with Crippen LogP contribution in [0.4, 0.5) is 0 Å². The SMILES string of the molecule is CC(C)N1CCC(n2cc(CN)cn2)C1. The van der Waals surface area contributed by atoms with Gasteiger partial charge < -0.3 is 5.73 Å². The summed E-state index contributed by atoms with van der Waals surface area (Å²) in [5.74, 6) is 0. The smallest absolute Gasteiger partial charge is 0.0658 e. The van der Waals surface area contributed by atoms with Crippen LogP contribution in [0.5, 0.6) is 0 Å². The molecule has 2 N–H and O–H groups in total. The number of rotatable bonds is 3. The molecule has 1 atom stereocenters. The van der Waals surface area contributed by atoms with Crippen LogP contribution in [0.15, 0.2) is 12.4 Å². The molecule has 1 fully saturated rings. The van der Waals surface area contributed by atoms with Crippen molar-refractivity contribution >= 4 is 0 Å². The third-order valence-corrected chi connectivity index (χ3v) is 3.19. The lowest BCUT2D eigenvalue weighted by Crippen LogP contribution is -2.28. The van der Waals surface area contributed by atoms with E-state index in [1.54, 1.807) is 0 Å². The Balaban J connectivity index is 2.01. The highest BCUT2D eigenvalue weighted by molar-refractivity contribution is 5.04. The van der Waals surface area contributed by atoms with E-state index < -0.39 is 0 Å². The molecule has 2 heterocycles. The van der Waals surface area contributed by atoms with Crippen molar-refractivity contribution in [2.45, 2.75) is 38.9 Å². The fourth-order valence-corrected chi connectivity index (χ4v) is 2.14. The highest BCUT2D eigenvalue weighted by Crippen LogP contribution is 2.22. The first kappa shape index (κ1) is 10.6. The summed E-state index contributed by atoms with van der Waals surface area (Å²) < 4.78 is 2.07. The molecule has 1 aliphatic heterocycles. The lowest BCUT2D eigenvalue weighted by atomic mass is 10.3. The van der Waals surface area contributed by atoms with Crippen LogP contribution in [0.3, 0.4) is 0 Å². The lowest BCUT2D eigenvalue weighted by Gasteiger charge is -2.20. The summed E-state index contributed by atoms with van der Waals surface area (Å²) in [6.45, 7) is 7.37. The molecule has 0 saturated carbocycles. The van der Waals surface area contributed by atoms with Gasteiger partial charge in [0.1, 0.15) is 0 Å². The van der Waals surface area contributed by atoms with E-state index in [-0.39, 0.29) is 0 Å². The Morgan fingerprint density at radius 3 is 2.93 bits per heavy atom. The molecule has 4 nitrogen and oxygen atoms in total. The van der Waals surface area contributed by atoms with E-state index in [9.17, 15) is 0 Å². The predicted molar refractivity (Wildman–Crippen MR) is 60.5 cm³/mol. The van der Waals surface area contributed by atoms with Gasteiger partial charge in [0.2, 0.25) is 0 Å². The highest BCUT2D eigenvalue weighted by Gasteiger charge is 2.25. The van der Waals surface area contributed by atoms with Gasteiger partial charge in [0.15, 0.2) is 0 Å². The van der Waals surface area contributed by atoms with Crippen molar-refractivity contribution < 1.29 is 0 Å². The largest absolute Gasteiger partial charge is 0.326 e. The molecule has 1 aliphatic rings. The molecule has 15 heavy (non-hydrogen) atoms. The first-order valence-corrected chi connectivity index (χ1v) is 5.68. The van der Waals surface area contributed by atoms with Gasteiger partial charge in [-0.3, -0.25) is 9.58 Å². The molecule has 2 rings (SSSR count). The third kappa shape index (κ3) is 2.21. The van der Waals surface area contributed by atoms with E-state index in [0.29, 0.717) is 18.6 Å². The highest BCUT2D eigenvalue weighted by atomic mass is 15.3. The van der Waals surface area contributed by atoms with Gasteiger partial charge in [-0.25, -0.2) is 0 Å². The molecule has 1 unspecified atom stereocenters. The number of hydrogen-bond donors (Lipinski definition) is 1. The molecular formula is C11H20N4. The van der Waals surface area contributed by atoms with E-state index in [4.69, 9.17) is 5.73 Å². The maximum absolute atomic E-state index is 5.57. The van der Waals surface area contributed by atoms with E-state index in [1.807, 2.05) is 6.20 Å². The Bertz CT molecular complexity index is 318. The normalized spacial score (nSPS) is 22.8. The van der Waals surface area contributed by atoms with Crippen LogP contribution in [0, 0.1) is 0 Å². The zero-order valence-corrected chi connectivity index (χ0v) is 9.56. The summed E-state index contributed by atoms with van der Waals surface area (Å²) in [5.41, 5.74) is 6.70. The summed E-state index contributed by atoms with van der Waals surface area (Å²) in [5, 5.41) is 4.37. The van der Waals surface area contributed by atoms with Crippen LogP contribution >= 0.6 is 0 Å². The number of hydrogen-bond acceptors (Lipinski definition) is 3. The van der Waals surface area contributed by atoms with Crippen molar-refractivity contribution in [3.63, 3.8) is 0 Å².